The van der Waals surface area contributed by atoms with Crippen LogP contribution in [-0.4, -0.2) is 31.6 Å². The number of hydrogen-bond donors (Lipinski definition) is 0. The van der Waals surface area contributed by atoms with Crippen molar-refractivity contribution in [3.63, 3.8) is 0 Å². The smallest absolute Gasteiger partial charge is 0.416 e. The maximum absolute atomic E-state index is 12.7. The molecule has 7 nitrogen and oxygen atoms in total. The molecule has 1 aromatic heterocycles. The summed E-state index contributed by atoms with van der Waals surface area (Å²) in [5.74, 6) is -3.04. The molecule has 0 aliphatic rings. The van der Waals surface area contributed by atoms with Crippen molar-refractivity contribution in [1.82, 2.24) is 5.16 Å². The van der Waals surface area contributed by atoms with Crippen molar-refractivity contribution >= 4 is 21.6 Å². The zero-order chi connectivity index (χ0) is 18.3. The Morgan fingerprint density at radius 1 is 1.21 bits per heavy atom. The zero-order valence-corrected chi connectivity index (χ0v) is 12.6. The summed E-state index contributed by atoms with van der Waals surface area (Å²) in [6, 6.07) is 1.45. The molecule has 1 heterocycles. The summed E-state index contributed by atoms with van der Waals surface area (Å²) in [5.41, 5.74) is -3.44. The van der Waals surface area contributed by atoms with Crippen molar-refractivity contribution in [3.05, 3.63) is 46.8 Å². The Balaban J connectivity index is 2.68. The van der Waals surface area contributed by atoms with Crippen molar-refractivity contribution in [2.24, 2.45) is 0 Å². The van der Waals surface area contributed by atoms with Gasteiger partial charge >= 0.3 is 6.18 Å². The molecule has 2 rings (SSSR count). The quantitative estimate of drug-likeness (QED) is 0.735. The van der Waals surface area contributed by atoms with Gasteiger partial charge in [0.1, 0.15) is 12.0 Å². The molecule has 24 heavy (non-hydrogen) atoms. The van der Waals surface area contributed by atoms with Crippen LogP contribution in [0, 0.1) is 0 Å². The molecule has 0 N–H and O–H groups in total. The third-order valence-corrected chi connectivity index (χ3v) is 4.10. The number of aromatic nitrogens is 1. The van der Waals surface area contributed by atoms with E-state index in [4.69, 9.17) is 0 Å². The van der Waals surface area contributed by atoms with Gasteiger partial charge in [0.05, 0.1) is 22.0 Å². The van der Waals surface area contributed by atoms with E-state index in [-0.39, 0.29) is 0 Å². The number of carboxylic acids is 1. The van der Waals surface area contributed by atoms with Gasteiger partial charge < -0.3 is 14.4 Å². The van der Waals surface area contributed by atoms with Crippen molar-refractivity contribution in [2.45, 2.75) is 11.1 Å². The molecule has 0 saturated carbocycles. The van der Waals surface area contributed by atoms with Crippen LogP contribution in [0.15, 0.2) is 33.9 Å². The molecule has 11 heteroatoms. The molecule has 0 atom stereocenters. The monoisotopic (exact) mass is 362 g/mol. The lowest BCUT2D eigenvalue weighted by molar-refractivity contribution is -0.255. The molecule has 0 amide bonds. The molecule has 0 saturated heterocycles. The lowest BCUT2D eigenvalue weighted by Crippen LogP contribution is -2.25. The summed E-state index contributed by atoms with van der Waals surface area (Å²) >= 11 is 0. The highest BCUT2D eigenvalue weighted by Gasteiger charge is 2.33. The number of aromatic carboxylic acids is 1. The summed E-state index contributed by atoms with van der Waals surface area (Å²) in [6.07, 6.45) is -3.57. The van der Waals surface area contributed by atoms with Crippen LogP contribution in [0.2, 0.25) is 0 Å². The van der Waals surface area contributed by atoms with Crippen molar-refractivity contribution in [3.8, 4) is 0 Å². The van der Waals surface area contributed by atoms with Gasteiger partial charge in [-0.3, -0.25) is 4.79 Å². The molecule has 2 aromatic rings. The third-order valence-electron chi connectivity index (χ3n) is 2.96. The average molecular weight is 362 g/mol. The maximum atomic E-state index is 12.7. The van der Waals surface area contributed by atoms with Crippen LogP contribution in [0.25, 0.3) is 0 Å². The third kappa shape index (κ3) is 3.30. The van der Waals surface area contributed by atoms with Gasteiger partial charge in [0, 0.05) is 11.8 Å². The highest BCUT2D eigenvalue weighted by Crippen LogP contribution is 2.32. The number of carboxylic acid groups (broad SMARTS) is 1. The maximum Gasteiger partial charge on any atom is 0.416 e. The first kappa shape index (κ1) is 17.7. The van der Waals surface area contributed by atoms with Crippen molar-refractivity contribution in [1.29, 1.82) is 0 Å². The fraction of sp³-hybridized carbons (Fsp3) is 0.154. The van der Waals surface area contributed by atoms with Gasteiger partial charge in [-0.1, -0.05) is 5.16 Å². The van der Waals surface area contributed by atoms with E-state index in [1.165, 1.54) is 0 Å². The van der Waals surface area contributed by atoms with Gasteiger partial charge in [-0.2, -0.15) is 13.2 Å². The van der Waals surface area contributed by atoms with Crippen molar-refractivity contribution < 1.29 is 40.8 Å². The minimum atomic E-state index is -4.83. The van der Waals surface area contributed by atoms with E-state index in [0.717, 1.165) is 0 Å². The Morgan fingerprint density at radius 3 is 2.33 bits per heavy atom. The Morgan fingerprint density at radius 2 is 1.83 bits per heavy atom. The number of sulfone groups is 1. The number of rotatable bonds is 4. The molecule has 0 aliphatic carbocycles. The Labute approximate surface area is 132 Å². The van der Waals surface area contributed by atoms with Gasteiger partial charge in [-0.15, -0.1) is 0 Å². The lowest BCUT2D eigenvalue weighted by atomic mass is 10.0. The van der Waals surface area contributed by atoms with E-state index in [1.807, 2.05) is 0 Å². The van der Waals surface area contributed by atoms with Crippen LogP contribution in [0.1, 0.15) is 32.0 Å². The van der Waals surface area contributed by atoms with E-state index in [0.29, 0.717) is 30.7 Å². The summed E-state index contributed by atoms with van der Waals surface area (Å²) in [4.78, 5) is 22.3. The van der Waals surface area contributed by atoms with Crippen LogP contribution >= 0.6 is 0 Å². The van der Waals surface area contributed by atoms with E-state index < -0.39 is 55.0 Å². The van der Waals surface area contributed by atoms with Gasteiger partial charge in [-0.25, -0.2) is 8.42 Å². The molecule has 128 valence electrons. The fourth-order valence-corrected chi connectivity index (χ4v) is 2.78. The van der Waals surface area contributed by atoms with Gasteiger partial charge in [0.15, 0.2) is 15.6 Å². The second-order valence-corrected chi connectivity index (χ2v) is 6.66. The molecular formula is C13H7F3NO6S-. The zero-order valence-electron chi connectivity index (χ0n) is 11.7. The minimum absolute atomic E-state index is 0.300. The molecule has 0 bridgehead atoms. The average Bonchev–Trinajstić information content (AvgIpc) is 2.93. The number of hydrogen-bond acceptors (Lipinski definition) is 7. The molecule has 0 spiro atoms. The summed E-state index contributed by atoms with van der Waals surface area (Å²) in [7, 11) is -4.22. The Kier molecular flexibility index (Phi) is 4.23. The number of benzene rings is 1. The van der Waals surface area contributed by atoms with Crippen LogP contribution in [0.3, 0.4) is 0 Å². The van der Waals surface area contributed by atoms with Crippen molar-refractivity contribution in [2.75, 3.05) is 6.26 Å². The van der Waals surface area contributed by atoms with Gasteiger partial charge in [0.25, 0.3) is 0 Å². The van der Waals surface area contributed by atoms with Crippen LogP contribution in [-0.2, 0) is 16.0 Å². The number of alkyl halides is 3. The molecule has 0 radical (unpaired) electrons. The standard InChI is InChI=1S/C13H8F3NO6S/c1-24(21,22)9-4-6(13(14,15)16)2-3-7(9)11(18)8-5-23-17-10(8)12(19)20/h2-5H,1H3,(H,19,20)/p-1. The first-order chi connectivity index (χ1) is 10.9. The molecule has 0 fully saturated rings. The lowest BCUT2D eigenvalue weighted by Gasteiger charge is -2.12. The van der Waals surface area contributed by atoms with Crippen LogP contribution in [0.4, 0.5) is 13.2 Å². The van der Waals surface area contributed by atoms with E-state index in [2.05, 4.69) is 9.68 Å². The molecule has 0 aliphatic heterocycles. The van der Waals surface area contributed by atoms with Gasteiger partial charge in [0.2, 0.25) is 0 Å². The van der Waals surface area contributed by atoms with E-state index >= 15 is 0 Å². The number of halogens is 3. The summed E-state index contributed by atoms with van der Waals surface area (Å²) in [6.45, 7) is 0. The largest absolute Gasteiger partial charge is 0.543 e. The van der Waals surface area contributed by atoms with Crippen LogP contribution < -0.4 is 5.11 Å². The first-order valence-electron chi connectivity index (χ1n) is 6.04. The number of carbonyl (C=O) groups is 2. The molecular weight excluding hydrogens is 355 g/mol. The van der Waals surface area contributed by atoms with E-state index in [1.54, 1.807) is 0 Å². The first-order valence-corrected chi connectivity index (χ1v) is 7.94. The Bertz CT molecular complexity index is 929. The number of carbonyl (C=O) groups excluding carboxylic acids is 2. The molecule has 1 aromatic carbocycles. The fourth-order valence-electron chi connectivity index (χ4n) is 1.88. The number of ketones is 1. The predicted octanol–water partition coefficient (Wildman–Crippen LogP) is 0.691. The molecule has 0 unspecified atom stereocenters. The van der Waals surface area contributed by atoms with Crippen LogP contribution in [0.5, 0.6) is 0 Å². The normalized spacial score (nSPS) is 12.2. The SMILES string of the molecule is CS(=O)(=O)c1cc(C(F)(F)F)ccc1C(=O)c1conc1C(=O)[O-]. The topological polar surface area (TPSA) is 117 Å². The second-order valence-electron chi connectivity index (χ2n) is 4.67. The summed E-state index contributed by atoms with van der Waals surface area (Å²) < 4.78 is 66.0. The Hall–Kier alpha value is -2.69. The van der Waals surface area contributed by atoms with E-state index in [9.17, 15) is 36.3 Å². The van der Waals surface area contributed by atoms with Gasteiger partial charge in [-0.05, 0) is 18.2 Å². The summed E-state index contributed by atoms with van der Waals surface area (Å²) in [5, 5.41) is 13.9. The number of nitrogens with zero attached hydrogens (tertiary/aromatic N) is 1. The second kappa shape index (κ2) is 5.74. The highest BCUT2D eigenvalue weighted by molar-refractivity contribution is 7.90. The predicted molar refractivity (Wildman–Crippen MR) is 68.8 cm³/mol. The minimum Gasteiger partial charge on any atom is -0.543 e. The highest BCUT2D eigenvalue weighted by atomic mass is 32.2.